The first-order valence-corrected chi connectivity index (χ1v) is 11.4. The number of nitrogens with one attached hydrogen (secondary N) is 1. The number of aryl methyl sites for hydroxylation is 1. The zero-order valence-electron chi connectivity index (χ0n) is 18.7. The van der Waals surface area contributed by atoms with Gasteiger partial charge in [0.15, 0.2) is 11.6 Å². The maximum atomic E-state index is 13.6. The van der Waals surface area contributed by atoms with E-state index in [1.807, 2.05) is 0 Å². The fourth-order valence-electron chi connectivity index (χ4n) is 4.34. The van der Waals surface area contributed by atoms with Gasteiger partial charge in [-0.05, 0) is 42.3 Å². The van der Waals surface area contributed by atoms with Crippen LogP contribution < -0.4 is 10.2 Å². The molecule has 0 atom stereocenters. The van der Waals surface area contributed by atoms with Gasteiger partial charge in [0.05, 0.1) is 24.9 Å². The second kappa shape index (κ2) is 9.44. The summed E-state index contributed by atoms with van der Waals surface area (Å²) in [7, 11) is 0. The molecule has 2 aliphatic heterocycles. The fourth-order valence-corrected chi connectivity index (χ4v) is 4.34. The zero-order valence-corrected chi connectivity index (χ0v) is 18.7. The highest BCUT2D eigenvalue weighted by molar-refractivity contribution is 5.64. The number of anilines is 3. The zero-order chi connectivity index (χ0) is 22.8. The molecule has 0 radical (unpaired) electrons. The van der Waals surface area contributed by atoms with E-state index in [0.29, 0.717) is 17.7 Å². The minimum atomic E-state index is -0.917. The molecule has 2 aliphatic rings. The third-order valence-corrected chi connectivity index (χ3v) is 6.25. The Bertz CT molecular complexity index is 1110. The molecule has 0 unspecified atom stereocenters. The Morgan fingerprint density at radius 1 is 1.00 bits per heavy atom. The van der Waals surface area contributed by atoms with Crippen LogP contribution in [-0.2, 0) is 11.2 Å². The van der Waals surface area contributed by atoms with Crippen molar-refractivity contribution in [1.82, 2.24) is 19.7 Å². The molecule has 2 fully saturated rings. The molecule has 0 saturated carbocycles. The minimum absolute atomic E-state index is 0.397. The van der Waals surface area contributed by atoms with Gasteiger partial charge in [0.2, 0.25) is 5.95 Å². The summed E-state index contributed by atoms with van der Waals surface area (Å²) in [5, 5.41) is 7.66. The molecule has 1 N–H and O–H groups in total. The average molecular weight is 455 g/mol. The Morgan fingerprint density at radius 2 is 1.82 bits per heavy atom. The molecule has 2 aromatic carbocycles. The second-order valence-corrected chi connectivity index (χ2v) is 8.59. The van der Waals surface area contributed by atoms with Gasteiger partial charge in [0.25, 0.3) is 0 Å². The molecule has 0 amide bonds. The van der Waals surface area contributed by atoms with E-state index in [9.17, 15) is 8.78 Å². The summed E-state index contributed by atoms with van der Waals surface area (Å²) < 4.78 is 33.6. The van der Waals surface area contributed by atoms with Crippen molar-refractivity contribution in [2.24, 2.45) is 0 Å². The van der Waals surface area contributed by atoms with Gasteiger partial charge in [-0.1, -0.05) is 13.3 Å². The van der Waals surface area contributed by atoms with Crippen LogP contribution in [0.1, 0.15) is 18.9 Å². The van der Waals surface area contributed by atoms with Crippen molar-refractivity contribution >= 4 is 17.3 Å². The molecule has 5 rings (SSSR count). The summed E-state index contributed by atoms with van der Waals surface area (Å²) in [6.07, 6.45) is 3.52. The molecule has 0 bridgehead atoms. The van der Waals surface area contributed by atoms with Gasteiger partial charge in [-0.15, -0.1) is 5.10 Å². The summed E-state index contributed by atoms with van der Waals surface area (Å²) in [6, 6.07) is 10.7. The van der Waals surface area contributed by atoms with Crippen LogP contribution in [0.3, 0.4) is 0 Å². The van der Waals surface area contributed by atoms with Gasteiger partial charge in [-0.25, -0.2) is 13.5 Å². The highest BCUT2D eigenvalue weighted by Crippen LogP contribution is 2.27. The fraction of sp³-hybridized carbons (Fsp3) is 0.417. The first-order valence-electron chi connectivity index (χ1n) is 11.4. The van der Waals surface area contributed by atoms with Gasteiger partial charge in [0.1, 0.15) is 6.33 Å². The van der Waals surface area contributed by atoms with Gasteiger partial charge in [-0.3, -0.25) is 4.90 Å². The average Bonchev–Trinajstić information content (AvgIpc) is 3.23. The van der Waals surface area contributed by atoms with E-state index in [2.05, 4.69) is 50.3 Å². The quantitative estimate of drug-likeness (QED) is 0.587. The lowest BCUT2D eigenvalue weighted by Gasteiger charge is -2.43. The van der Waals surface area contributed by atoms with Crippen molar-refractivity contribution in [2.45, 2.75) is 25.8 Å². The lowest BCUT2D eigenvalue weighted by molar-refractivity contribution is -0.0660. The van der Waals surface area contributed by atoms with Crippen molar-refractivity contribution in [1.29, 1.82) is 0 Å². The molecule has 3 aromatic rings. The lowest BCUT2D eigenvalue weighted by atomic mass is 10.1. The highest BCUT2D eigenvalue weighted by Gasteiger charge is 2.29. The maximum absolute atomic E-state index is 13.6. The first kappa shape index (κ1) is 21.8. The van der Waals surface area contributed by atoms with Crippen LogP contribution >= 0.6 is 0 Å². The van der Waals surface area contributed by atoms with E-state index in [1.54, 1.807) is 0 Å². The number of halogens is 2. The molecule has 174 valence electrons. The highest BCUT2D eigenvalue weighted by atomic mass is 19.2. The van der Waals surface area contributed by atoms with Crippen LogP contribution in [0.25, 0.3) is 5.69 Å². The molecular weight excluding hydrogens is 426 g/mol. The normalized spacial score (nSPS) is 17.2. The molecule has 0 aliphatic carbocycles. The van der Waals surface area contributed by atoms with Crippen LogP contribution in [0.4, 0.5) is 26.1 Å². The molecular formula is C24H28F2N6O. The number of ether oxygens (including phenoxy) is 1. The number of hydrogen-bond acceptors (Lipinski definition) is 6. The number of nitrogens with zero attached hydrogens (tertiary/aromatic N) is 5. The van der Waals surface area contributed by atoms with Crippen molar-refractivity contribution < 1.29 is 13.5 Å². The number of rotatable bonds is 7. The summed E-state index contributed by atoms with van der Waals surface area (Å²) in [6.45, 7) is 7.91. The maximum Gasteiger partial charge on any atom is 0.246 e. The molecule has 3 heterocycles. The Hall–Kier alpha value is -3.04. The molecule has 9 heteroatoms. The van der Waals surface area contributed by atoms with E-state index in [-0.39, 0.29) is 0 Å². The van der Waals surface area contributed by atoms with Crippen LogP contribution in [-0.4, -0.2) is 65.1 Å². The Balaban J connectivity index is 1.32. The van der Waals surface area contributed by atoms with Crippen LogP contribution in [0.2, 0.25) is 0 Å². The summed E-state index contributed by atoms with van der Waals surface area (Å²) in [4.78, 5) is 9.24. The Morgan fingerprint density at radius 3 is 2.52 bits per heavy atom. The molecule has 2 saturated heterocycles. The van der Waals surface area contributed by atoms with Crippen molar-refractivity contribution in [3.05, 3.63) is 59.9 Å². The Kier molecular flexibility index (Phi) is 6.24. The second-order valence-electron chi connectivity index (χ2n) is 8.59. The third kappa shape index (κ3) is 4.84. The SMILES string of the molecule is CCCc1cc(Nc2ncn(-c3ccc(F)c(F)c3)n2)cc(N2CCN(C3COC3)CC2)c1. The number of benzene rings is 2. The van der Waals surface area contributed by atoms with E-state index >= 15 is 0 Å². The standard InChI is InChI=1S/C24H28F2N6O/c1-2-3-17-10-18(12-20(11-17)30-6-8-31(9-7-30)21-14-33-15-21)28-24-27-16-32(29-24)19-4-5-22(25)23(26)13-19/h4-5,10-13,16,21H,2-3,6-9,14-15H2,1H3,(H,28,29). The predicted molar refractivity (Wildman–Crippen MR) is 123 cm³/mol. The van der Waals surface area contributed by atoms with E-state index in [1.165, 1.54) is 28.3 Å². The number of hydrogen-bond donors (Lipinski definition) is 1. The van der Waals surface area contributed by atoms with Crippen molar-refractivity contribution in [2.75, 3.05) is 49.6 Å². The van der Waals surface area contributed by atoms with Gasteiger partial charge in [-0.2, -0.15) is 4.98 Å². The molecule has 0 spiro atoms. The van der Waals surface area contributed by atoms with Gasteiger partial charge < -0.3 is 15.0 Å². The molecule has 7 nitrogen and oxygen atoms in total. The van der Waals surface area contributed by atoms with E-state index in [4.69, 9.17) is 4.74 Å². The van der Waals surface area contributed by atoms with Crippen molar-refractivity contribution in [3.63, 3.8) is 0 Å². The monoisotopic (exact) mass is 454 g/mol. The minimum Gasteiger partial charge on any atom is -0.378 e. The van der Waals surface area contributed by atoms with Crippen LogP contribution in [0, 0.1) is 11.6 Å². The van der Waals surface area contributed by atoms with Gasteiger partial charge >= 0.3 is 0 Å². The summed E-state index contributed by atoms with van der Waals surface area (Å²) in [5.41, 5.74) is 3.76. The first-order chi connectivity index (χ1) is 16.1. The molecule has 1 aromatic heterocycles. The van der Waals surface area contributed by atoms with Crippen LogP contribution in [0.5, 0.6) is 0 Å². The Labute approximate surface area is 192 Å². The molecule has 33 heavy (non-hydrogen) atoms. The largest absolute Gasteiger partial charge is 0.378 e. The van der Waals surface area contributed by atoms with E-state index in [0.717, 1.165) is 70.1 Å². The lowest BCUT2D eigenvalue weighted by Crippen LogP contribution is -2.56. The number of piperazine rings is 1. The van der Waals surface area contributed by atoms with E-state index < -0.39 is 11.6 Å². The van der Waals surface area contributed by atoms with Gasteiger partial charge in [0, 0.05) is 43.6 Å². The third-order valence-electron chi connectivity index (χ3n) is 6.25. The van der Waals surface area contributed by atoms with Crippen molar-refractivity contribution in [3.8, 4) is 5.69 Å². The topological polar surface area (TPSA) is 58.5 Å². The summed E-state index contributed by atoms with van der Waals surface area (Å²) >= 11 is 0. The number of aromatic nitrogens is 3. The smallest absolute Gasteiger partial charge is 0.246 e. The summed E-state index contributed by atoms with van der Waals surface area (Å²) in [5.74, 6) is -1.41. The van der Waals surface area contributed by atoms with Crippen LogP contribution in [0.15, 0.2) is 42.7 Å². The predicted octanol–water partition coefficient (Wildman–Crippen LogP) is 3.76.